The van der Waals surface area contributed by atoms with Gasteiger partial charge in [-0.3, -0.25) is 4.79 Å². The Hall–Kier alpha value is -3.67. The van der Waals surface area contributed by atoms with Crippen molar-refractivity contribution in [2.45, 2.75) is 159 Å². The fourth-order valence-corrected chi connectivity index (χ4v) is 8.52. The molecule has 4 saturated heterocycles. The van der Waals surface area contributed by atoms with Gasteiger partial charge in [0, 0.05) is 12.0 Å². The highest BCUT2D eigenvalue weighted by Gasteiger charge is 2.56. The second-order valence-electron chi connectivity index (χ2n) is 17.4. The van der Waals surface area contributed by atoms with E-state index in [1.165, 1.54) is 0 Å². The Morgan fingerprint density at radius 3 is 1.92 bits per heavy atom. The first-order chi connectivity index (χ1) is 30.4. The summed E-state index contributed by atoms with van der Waals surface area (Å²) in [4.78, 5) is 13.8. The van der Waals surface area contributed by atoms with Gasteiger partial charge in [0.25, 0.3) is 0 Å². The lowest BCUT2D eigenvalue weighted by molar-refractivity contribution is -0.369. The van der Waals surface area contributed by atoms with Crippen LogP contribution < -0.4 is 9.47 Å². The van der Waals surface area contributed by atoms with Crippen LogP contribution in [0.5, 0.6) is 11.5 Å². The highest BCUT2D eigenvalue weighted by Crippen LogP contribution is 2.41. The molecule has 0 saturated carbocycles. The minimum atomic E-state index is -1.09. The first kappa shape index (κ1) is 47.3. The van der Waals surface area contributed by atoms with Crippen molar-refractivity contribution < 1.29 is 66.4 Å². The van der Waals surface area contributed by atoms with Crippen LogP contribution in [0, 0.1) is 0 Å². The summed E-state index contributed by atoms with van der Waals surface area (Å²) in [6.07, 6.45) is -2.15. The van der Waals surface area contributed by atoms with E-state index in [0.29, 0.717) is 18.8 Å². The third kappa shape index (κ3) is 12.8. The molecule has 4 aliphatic heterocycles. The Kier molecular flexibility index (Phi) is 16.5. The van der Waals surface area contributed by atoms with Gasteiger partial charge in [0.2, 0.25) is 0 Å². The quantitative estimate of drug-likeness (QED) is 0.0756. The van der Waals surface area contributed by atoms with Crippen molar-refractivity contribution in [1.82, 2.24) is 0 Å². The molecule has 0 unspecified atom stereocenters. The van der Waals surface area contributed by atoms with Crippen LogP contribution in [0.2, 0.25) is 0 Å². The molecule has 0 bridgehead atoms. The highest BCUT2D eigenvalue weighted by atomic mass is 16.8. The zero-order chi connectivity index (χ0) is 44.4. The molecular weight excluding hydrogens is 813 g/mol. The fourth-order valence-electron chi connectivity index (χ4n) is 8.52. The summed E-state index contributed by atoms with van der Waals surface area (Å²) in [7, 11) is 3.24. The number of hydrogen-bond acceptors (Lipinski definition) is 14. The van der Waals surface area contributed by atoms with Gasteiger partial charge >= 0.3 is 5.97 Å². The predicted molar refractivity (Wildman–Crippen MR) is 230 cm³/mol. The molecule has 7 rings (SSSR count). The Morgan fingerprint density at radius 2 is 1.27 bits per heavy atom. The van der Waals surface area contributed by atoms with Crippen LogP contribution in [0.4, 0.5) is 0 Å². The molecule has 0 aromatic heterocycles. The van der Waals surface area contributed by atoms with E-state index >= 15 is 0 Å². The molecule has 14 heteroatoms. The van der Waals surface area contributed by atoms with E-state index in [0.717, 1.165) is 48.1 Å². The first-order valence-corrected chi connectivity index (χ1v) is 22.4. The largest absolute Gasteiger partial charge is 0.497 e. The molecule has 0 radical (unpaired) electrons. The third-order valence-electron chi connectivity index (χ3n) is 11.6. The Bertz CT molecular complexity index is 1840. The number of carbonyl (C=O) groups is 1. The van der Waals surface area contributed by atoms with Crippen LogP contribution in [-0.2, 0) is 70.1 Å². The molecule has 3 aromatic rings. The molecule has 14 nitrogen and oxygen atoms in total. The summed E-state index contributed by atoms with van der Waals surface area (Å²) >= 11 is 0. The second-order valence-corrected chi connectivity index (χ2v) is 17.4. The molecule has 0 aliphatic carbocycles. The van der Waals surface area contributed by atoms with Gasteiger partial charge in [-0.2, -0.15) is 0 Å². The summed E-state index contributed by atoms with van der Waals surface area (Å²) in [6, 6.07) is 25.1. The Labute approximate surface area is 371 Å². The van der Waals surface area contributed by atoms with Gasteiger partial charge in [-0.1, -0.05) is 87.2 Å². The molecule has 0 N–H and O–H groups in total. The third-order valence-corrected chi connectivity index (χ3v) is 11.6. The highest BCUT2D eigenvalue weighted by molar-refractivity contribution is 5.69. The van der Waals surface area contributed by atoms with Gasteiger partial charge in [0.1, 0.15) is 54.2 Å². The summed E-state index contributed by atoms with van der Waals surface area (Å²) < 4.78 is 82.3. The van der Waals surface area contributed by atoms with E-state index in [4.69, 9.17) is 61.6 Å². The van der Waals surface area contributed by atoms with Crippen molar-refractivity contribution in [1.29, 1.82) is 0 Å². The number of methoxy groups -OCH3 is 2. The standard InChI is InChI=1S/C49H66O14/c1-8-9-10-11-15-18-40(50)58-45-44(54-28-33-19-23-35(51-6)24-20-33)41-37(30-55-46(59-41)34-21-25-36(52-7)26-22-34)57-47(45)56-31-39-43(63-49(4,5)61-39)42-38(60-48(2,3)62-42)29-53-27-32-16-13-12-14-17-32/h12-14,16-17,19-26,37-39,41-47H,8-11,15,18,27-31H2,1-7H3/t37-,38-,39-,41-,42-,43-,44+,45+,46-,47-/m1/s1. The first-order valence-electron chi connectivity index (χ1n) is 22.4. The molecule has 4 heterocycles. The summed E-state index contributed by atoms with van der Waals surface area (Å²) in [6.45, 7) is 10.7. The summed E-state index contributed by atoms with van der Waals surface area (Å²) in [5, 5.41) is 0. The van der Waals surface area contributed by atoms with Crippen molar-refractivity contribution in [2.75, 3.05) is 34.0 Å². The van der Waals surface area contributed by atoms with Gasteiger partial charge in [-0.25, -0.2) is 0 Å². The zero-order valence-corrected chi connectivity index (χ0v) is 37.8. The zero-order valence-electron chi connectivity index (χ0n) is 37.8. The number of carbonyl (C=O) groups excluding carboxylic acids is 1. The van der Waals surface area contributed by atoms with E-state index < -0.39 is 73.0 Å². The van der Waals surface area contributed by atoms with Crippen molar-refractivity contribution in [3.05, 3.63) is 95.6 Å². The van der Waals surface area contributed by atoms with E-state index in [1.54, 1.807) is 14.2 Å². The molecule has 3 aromatic carbocycles. The van der Waals surface area contributed by atoms with Crippen LogP contribution in [0.25, 0.3) is 0 Å². The SMILES string of the molecule is CCCCCCCC(=O)O[C@@H]1[C@H](OC[C@H]2OC(C)(C)O[C@H]2[C@@H]2OC(C)(C)O[C@@H]2COCc2ccccc2)O[C@@H]2CO[C@@H](c3ccc(OC)cc3)O[C@H]2[C@@H]1OCc1ccc(OC)cc1. The van der Waals surface area contributed by atoms with Gasteiger partial charge in [0.15, 0.2) is 30.3 Å². The summed E-state index contributed by atoms with van der Waals surface area (Å²) in [5.41, 5.74) is 2.73. The smallest absolute Gasteiger partial charge is 0.306 e. The number of ether oxygens (including phenoxy) is 13. The van der Waals surface area contributed by atoms with E-state index in [9.17, 15) is 4.79 Å². The fraction of sp³-hybridized carbons (Fsp3) is 0.612. The van der Waals surface area contributed by atoms with Gasteiger partial charge in [-0.15, -0.1) is 0 Å². The molecular formula is C49H66O14. The molecule has 0 amide bonds. The van der Waals surface area contributed by atoms with Gasteiger partial charge < -0.3 is 61.6 Å². The average Bonchev–Trinajstić information content (AvgIpc) is 3.77. The van der Waals surface area contributed by atoms with Crippen LogP contribution in [0.1, 0.15) is 96.1 Å². The van der Waals surface area contributed by atoms with E-state index in [2.05, 4.69) is 6.92 Å². The van der Waals surface area contributed by atoms with Crippen LogP contribution in [-0.4, -0.2) is 107 Å². The van der Waals surface area contributed by atoms with Crippen molar-refractivity contribution in [3.63, 3.8) is 0 Å². The Morgan fingerprint density at radius 1 is 0.651 bits per heavy atom. The maximum atomic E-state index is 13.8. The molecule has 346 valence electrons. The lowest BCUT2D eigenvalue weighted by Gasteiger charge is -2.48. The van der Waals surface area contributed by atoms with Crippen molar-refractivity contribution in [3.8, 4) is 11.5 Å². The summed E-state index contributed by atoms with van der Waals surface area (Å²) in [5.74, 6) is -0.814. The number of fused-ring (bicyclic) bond motifs is 1. The van der Waals surface area contributed by atoms with E-state index in [-0.39, 0.29) is 38.8 Å². The molecule has 10 atom stereocenters. The van der Waals surface area contributed by atoms with Gasteiger partial charge in [-0.05, 0) is 69.5 Å². The lowest BCUT2D eigenvalue weighted by Crippen LogP contribution is -2.64. The number of hydrogen-bond donors (Lipinski definition) is 0. The molecule has 0 spiro atoms. The van der Waals surface area contributed by atoms with Crippen molar-refractivity contribution in [2.24, 2.45) is 0 Å². The van der Waals surface area contributed by atoms with Crippen LogP contribution in [0.3, 0.4) is 0 Å². The average molecular weight is 879 g/mol. The molecule has 63 heavy (non-hydrogen) atoms. The van der Waals surface area contributed by atoms with Crippen LogP contribution in [0.15, 0.2) is 78.9 Å². The van der Waals surface area contributed by atoms with Crippen molar-refractivity contribution >= 4 is 5.97 Å². The molecule has 4 fully saturated rings. The maximum absolute atomic E-state index is 13.8. The minimum Gasteiger partial charge on any atom is -0.497 e. The van der Waals surface area contributed by atoms with Gasteiger partial charge in [0.05, 0.1) is 47.3 Å². The minimum absolute atomic E-state index is 0.000483. The second kappa shape index (κ2) is 22.0. The molecule has 4 aliphatic rings. The number of benzene rings is 3. The monoisotopic (exact) mass is 878 g/mol. The normalized spacial score (nSPS) is 29.8. The van der Waals surface area contributed by atoms with Crippen LogP contribution >= 0.6 is 0 Å². The maximum Gasteiger partial charge on any atom is 0.306 e. The topological polar surface area (TPSA) is 137 Å². The number of esters is 1. The van der Waals surface area contributed by atoms with E-state index in [1.807, 2.05) is 107 Å². The lowest BCUT2D eigenvalue weighted by atomic mass is 9.96. The Balaban J connectivity index is 1.12. The number of rotatable bonds is 21. The predicted octanol–water partition coefficient (Wildman–Crippen LogP) is 7.97. The number of unbranched alkanes of at least 4 members (excludes halogenated alkanes) is 4.